The topological polar surface area (TPSA) is 139 Å². The Morgan fingerprint density at radius 3 is 2.77 bits per heavy atom. The Balaban J connectivity index is 1.79. The van der Waals surface area contributed by atoms with Gasteiger partial charge in [0.15, 0.2) is 0 Å². The lowest BCUT2D eigenvalue weighted by molar-refractivity contribution is 0.0444. The zero-order valence-corrected chi connectivity index (χ0v) is 16.8. The number of nitrogens with zero attached hydrogens (tertiary/aromatic N) is 4. The molecule has 1 saturated carbocycles. The van der Waals surface area contributed by atoms with Gasteiger partial charge in [0, 0.05) is 24.9 Å². The first-order valence-electron chi connectivity index (χ1n) is 9.44. The van der Waals surface area contributed by atoms with Gasteiger partial charge in [0.05, 0.1) is 17.7 Å². The van der Waals surface area contributed by atoms with Crippen LogP contribution in [-0.4, -0.2) is 72.4 Å². The molecular formula is C19H24FN5O5. The van der Waals surface area contributed by atoms with E-state index in [-0.39, 0.29) is 30.1 Å². The number of carbonyl (C=O) groups is 2. The molecule has 1 aliphatic carbocycles. The first-order valence-corrected chi connectivity index (χ1v) is 9.44. The number of ether oxygens (including phenoxy) is 1. The van der Waals surface area contributed by atoms with E-state index in [1.165, 1.54) is 24.8 Å². The van der Waals surface area contributed by atoms with Crippen LogP contribution in [0.1, 0.15) is 43.2 Å². The number of alkyl halides is 1. The number of aliphatic hydroxyl groups is 2. The number of nitrogens with one attached hydrogen (secondary N) is 1. The minimum atomic E-state index is -1.63. The number of ketones is 1. The molecule has 3 N–H and O–H groups in total. The molecule has 2 heterocycles. The van der Waals surface area contributed by atoms with Crippen LogP contribution < -0.4 is 5.32 Å². The number of hydrogen-bond acceptors (Lipinski definition) is 9. The summed E-state index contributed by atoms with van der Waals surface area (Å²) in [6.45, 7) is 4.77. The SMILES string of the molecule is CC(C)(C)OC(=O)n1ccc(C(=O)c2cncnc2NC2CC(CO)C(O)C2F)n1. The average Bonchev–Trinajstić information content (AvgIpc) is 3.28. The first-order chi connectivity index (χ1) is 14.1. The molecule has 30 heavy (non-hydrogen) atoms. The fourth-order valence-electron chi connectivity index (χ4n) is 3.19. The normalized spacial score (nSPS) is 23.9. The minimum Gasteiger partial charge on any atom is -0.442 e. The van der Waals surface area contributed by atoms with Crippen LogP contribution >= 0.6 is 0 Å². The van der Waals surface area contributed by atoms with E-state index in [2.05, 4.69) is 20.4 Å². The van der Waals surface area contributed by atoms with Gasteiger partial charge in [-0.1, -0.05) is 0 Å². The maximum absolute atomic E-state index is 14.4. The third-order valence-electron chi connectivity index (χ3n) is 4.67. The van der Waals surface area contributed by atoms with Gasteiger partial charge in [-0.15, -0.1) is 0 Å². The Kier molecular flexibility index (Phi) is 6.13. The van der Waals surface area contributed by atoms with Crippen molar-refractivity contribution < 1.29 is 28.9 Å². The Morgan fingerprint density at radius 2 is 2.13 bits per heavy atom. The van der Waals surface area contributed by atoms with E-state index in [1.54, 1.807) is 20.8 Å². The summed E-state index contributed by atoms with van der Waals surface area (Å²) >= 11 is 0. The lowest BCUT2D eigenvalue weighted by Crippen LogP contribution is -2.32. The lowest BCUT2D eigenvalue weighted by Gasteiger charge is -2.18. The number of carbonyl (C=O) groups excluding carboxylic acids is 2. The van der Waals surface area contributed by atoms with Gasteiger partial charge in [-0.2, -0.15) is 9.78 Å². The zero-order valence-electron chi connectivity index (χ0n) is 16.8. The highest BCUT2D eigenvalue weighted by atomic mass is 19.1. The van der Waals surface area contributed by atoms with E-state index in [0.717, 1.165) is 4.68 Å². The predicted molar refractivity (Wildman–Crippen MR) is 103 cm³/mol. The predicted octanol–water partition coefficient (Wildman–Crippen LogP) is 1.18. The number of rotatable bonds is 5. The summed E-state index contributed by atoms with van der Waals surface area (Å²) in [7, 11) is 0. The van der Waals surface area contributed by atoms with Crippen LogP contribution in [0.25, 0.3) is 0 Å². The Hall–Kier alpha value is -2.92. The quantitative estimate of drug-likeness (QED) is 0.607. The summed E-state index contributed by atoms with van der Waals surface area (Å²) in [5, 5.41) is 25.9. The van der Waals surface area contributed by atoms with E-state index < -0.39 is 41.7 Å². The fourth-order valence-corrected chi connectivity index (χ4v) is 3.19. The summed E-state index contributed by atoms with van der Waals surface area (Å²) in [5.74, 6) is -1.11. The van der Waals surface area contributed by atoms with Crippen molar-refractivity contribution in [3.8, 4) is 0 Å². The molecular weight excluding hydrogens is 397 g/mol. The van der Waals surface area contributed by atoms with Crippen LogP contribution in [0.5, 0.6) is 0 Å². The Morgan fingerprint density at radius 1 is 1.40 bits per heavy atom. The van der Waals surface area contributed by atoms with Crippen molar-refractivity contribution in [1.29, 1.82) is 0 Å². The second kappa shape index (κ2) is 8.44. The molecule has 0 spiro atoms. The van der Waals surface area contributed by atoms with Crippen molar-refractivity contribution in [3.63, 3.8) is 0 Å². The monoisotopic (exact) mass is 421 g/mol. The Labute approximate surface area is 172 Å². The van der Waals surface area contributed by atoms with Gasteiger partial charge in [0.2, 0.25) is 5.78 Å². The molecule has 162 valence electrons. The third-order valence-corrected chi connectivity index (χ3v) is 4.67. The second-order valence-corrected chi connectivity index (χ2v) is 8.10. The number of aromatic nitrogens is 4. The number of aliphatic hydroxyl groups excluding tert-OH is 2. The molecule has 0 bridgehead atoms. The van der Waals surface area contributed by atoms with Gasteiger partial charge >= 0.3 is 6.09 Å². The molecule has 0 amide bonds. The van der Waals surface area contributed by atoms with Crippen molar-refractivity contribution in [2.24, 2.45) is 5.92 Å². The first kappa shape index (κ1) is 21.8. The van der Waals surface area contributed by atoms with Crippen molar-refractivity contribution >= 4 is 17.7 Å². The van der Waals surface area contributed by atoms with Crippen LogP contribution in [0, 0.1) is 5.92 Å². The van der Waals surface area contributed by atoms with Crippen LogP contribution in [0.3, 0.4) is 0 Å². The molecule has 0 saturated heterocycles. The molecule has 1 aliphatic rings. The summed E-state index contributed by atoms with van der Waals surface area (Å²) in [6, 6.07) is 0.514. The maximum atomic E-state index is 14.4. The Bertz CT molecular complexity index is 928. The van der Waals surface area contributed by atoms with Gasteiger partial charge in [-0.25, -0.2) is 19.2 Å². The average molecular weight is 421 g/mol. The molecule has 0 aromatic carbocycles. The highest BCUT2D eigenvalue weighted by molar-refractivity contribution is 6.10. The summed E-state index contributed by atoms with van der Waals surface area (Å²) < 4.78 is 20.5. The van der Waals surface area contributed by atoms with Gasteiger partial charge < -0.3 is 20.3 Å². The van der Waals surface area contributed by atoms with E-state index in [0.29, 0.717) is 0 Å². The second-order valence-electron chi connectivity index (χ2n) is 8.10. The van der Waals surface area contributed by atoms with Crippen LogP contribution in [0.4, 0.5) is 15.0 Å². The lowest BCUT2D eigenvalue weighted by atomic mass is 10.1. The van der Waals surface area contributed by atoms with Crippen LogP contribution in [0.15, 0.2) is 24.8 Å². The molecule has 10 nitrogen and oxygen atoms in total. The summed E-state index contributed by atoms with van der Waals surface area (Å²) in [4.78, 5) is 32.8. The smallest absolute Gasteiger partial charge is 0.435 e. The van der Waals surface area contributed by atoms with Crippen LogP contribution in [0.2, 0.25) is 0 Å². The zero-order chi connectivity index (χ0) is 22.1. The van der Waals surface area contributed by atoms with E-state index >= 15 is 0 Å². The maximum Gasteiger partial charge on any atom is 0.435 e. The van der Waals surface area contributed by atoms with Crippen LogP contribution in [-0.2, 0) is 4.74 Å². The summed E-state index contributed by atoms with van der Waals surface area (Å²) in [6.07, 6.45) is 0.245. The standard InChI is InChI=1S/C19H24FN5O5/c1-19(2,3)30-18(29)25-5-4-12(24-25)16(28)11-7-21-9-22-17(11)23-13-6-10(8-26)15(27)14(13)20/h4-5,7,9-10,13-15,26-27H,6,8H2,1-3H3,(H,21,22,23). The molecule has 0 aliphatic heterocycles. The van der Waals surface area contributed by atoms with E-state index in [1.807, 2.05) is 0 Å². The van der Waals surface area contributed by atoms with Crippen molar-refractivity contribution in [2.75, 3.05) is 11.9 Å². The number of halogens is 1. The molecule has 3 rings (SSSR count). The highest BCUT2D eigenvalue weighted by Gasteiger charge is 2.43. The third kappa shape index (κ3) is 4.62. The van der Waals surface area contributed by atoms with E-state index in [4.69, 9.17) is 4.74 Å². The summed E-state index contributed by atoms with van der Waals surface area (Å²) in [5.41, 5.74) is -0.741. The molecule has 11 heteroatoms. The van der Waals surface area contributed by atoms with Gasteiger partial charge in [-0.05, 0) is 33.3 Å². The number of anilines is 1. The van der Waals surface area contributed by atoms with Gasteiger partial charge in [-0.3, -0.25) is 4.79 Å². The largest absolute Gasteiger partial charge is 0.442 e. The molecule has 2 aromatic rings. The van der Waals surface area contributed by atoms with E-state index in [9.17, 15) is 24.2 Å². The van der Waals surface area contributed by atoms with Crippen molar-refractivity contribution in [1.82, 2.24) is 19.7 Å². The molecule has 1 fully saturated rings. The highest BCUT2D eigenvalue weighted by Crippen LogP contribution is 2.31. The minimum absolute atomic E-state index is 0.0288. The van der Waals surface area contributed by atoms with Crippen molar-refractivity contribution in [3.05, 3.63) is 36.0 Å². The molecule has 0 radical (unpaired) electrons. The van der Waals surface area contributed by atoms with Gasteiger partial charge in [0.25, 0.3) is 0 Å². The fraction of sp³-hybridized carbons (Fsp3) is 0.526. The molecule has 4 unspecified atom stereocenters. The molecule has 2 aromatic heterocycles. The number of hydrogen-bond donors (Lipinski definition) is 3. The van der Waals surface area contributed by atoms with Crippen molar-refractivity contribution in [2.45, 2.75) is 51.1 Å². The van der Waals surface area contributed by atoms with Gasteiger partial charge in [0.1, 0.15) is 29.6 Å². The molecule has 4 atom stereocenters.